The molecule has 1 N–H and O–H groups in total. The molecule has 23 heavy (non-hydrogen) atoms. The molecule has 0 bridgehead atoms. The molecule has 0 aliphatic rings. The minimum Gasteiger partial charge on any atom is -0.395 e. The Balaban J connectivity index is 2.01. The van der Waals surface area contributed by atoms with Gasteiger partial charge in [0.2, 0.25) is 0 Å². The minimum absolute atomic E-state index is 0.0882. The van der Waals surface area contributed by atoms with Gasteiger partial charge < -0.3 is 14.4 Å². The van der Waals surface area contributed by atoms with E-state index in [2.05, 4.69) is 35.8 Å². The topological polar surface area (TPSA) is 47.3 Å². The number of aliphatic hydroxyl groups excluding tert-OH is 1. The van der Waals surface area contributed by atoms with Crippen molar-refractivity contribution in [3.05, 3.63) is 54.1 Å². The van der Waals surface area contributed by atoms with E-state index in [1.54, 1.807) is 0 Å². The van der Waals surface area contributed by atoms with E-state index in [0.717, 1.165) is 28.0 Å². The summed E-state index contributed by atoms with van der Waals surface area (Å²) in [4.78, 5) is 4.73. The van der Waals surface area contributed by atoms with Crippen molar-refractivity contribution in [1.82, 2.24) is 9.55 Å². The van der Waals surface area contributed by atoms with E-state index in [9.17, 15) is 5.11 Å². The number of para-hydroxylation sites is 2. The third-order valence-electron chi connectivity index (χ3n) is 4.03. The van der Waals surface area contributed by atoms with Gasteiger partial charge in [-0.2, -0.15) is 0 Å². The van der Waals surface area contributed by atoms with Crippen LogP contribution in [0.3, 0.4) is 0 Å². The highest BCUT2D eigenvalue weighted by Gasteiger charge is 2.12. The molecule has 1 unspecified atom stereocenters. The summed E-state index contributed by atoms with van der Waals surface area (Å²) in [6.45, 7) is 5.39. The first-order valence-electron chi connectivity index (χ1n) is 8.02. The predicted octanol–water partition coefficient (Wildman–Crippen LogP) is 3.79. The summed E-state index contributed by atoms with van der Waals surface area (Å²) in [5.74, 6) is 0.885. The highest BCUT2D eigenvalue weighted by molar-refractivity contribution is 5.80. The number of rotatable bonds is 6. The molecule has 120 valence electrons. The van der Waals surface area contributed by atoms with Gasteiger partial charge in [0.15, 0.2) is 0 Å². The van der Waals surface area contributed by atoms with E-state index in [4.69, 9.17) is 9.72 Å². The molecule has 2 aromatic carbocycles. The molecule has 0 fully saturated rings. The zero-order chi connectivity index (χ0) is 16.2. The van der Waals surface area contributed by atoms with Crippen LogP contribution in [0, 0.1) is 0 Å². The van der Waals surface area contributed by atoms with Crippen LogP contribution in [0.4, 0.5) is 0 Å². The Hall–Kier alpha value is -2.17. The fraction of sp³-hybridized carbons (Fsp3) is 0.316. The zero-order valence-corrected chi connectivity index (χ0v) is 13.6. The third kappa shape index (κ3) is 3.14. The van der Waals surface area contributed by atoms with E-state index in [1.165, 1.54) is 0 Å². The number of benzene rings is 2. The van der Waals surface area contributed by atoms with Gasteiger partial charge in [-0.25, -0.2) is 4.98 Å². The number of ether oxygens (including phenoxy) is 1. The Labute approximate surface area is 136 Å². The Bertz CT molecular complexity index is 778. The fourth-order valence-corrected chi connectivity index (χ4v) is 2.87. The first kappa shape index (κ1) is 15.7. The smallest absolute Gasteiger partial charge is 0.141 e. The van der Waals surface area contributed by atoms with Crippen LogP contribution in [0.25, 0.3) is 22.4 Å². The van der Waals surface area contributed by atoms with Crippen molar-refractivity contribution in [3.63, 3.8) is 0 Å². The van der Waals surface area contributed by atoms with Crippen LogP contribution in [0.2, 0.25) is 0 Å². The summed E-state index contributed by atoms with van der Waals surface area (Å²) in [5, 5.41) is 9.38. The maximum Gasteiger partial charge on any atom is 0.141 e. The molecule has 1 atom stereocenters. The largest absolute Gasteiger partial charge is 0.395 e. The molecule has 0 radical (unpaired) electrons. The number of nitrogens with zero attached hydrogens (tertiary/aromatic N) is 2. The maximum absolute atomic E-state index is 9.38. The van der Waals surface area contributed by atoms with Crippen molar-refractivity contribution in [3.8, 4) is 11.4 Å². The normalized spacial score (nSPS) is 12.7. The highest BCUT2D eigenvalue weighted by atomic mass is 16.5. The highest BCUT2D eigenvalue weighted by Crippen LogP contribution is 2.26. The monoisotopic (exact) mass is 310 g/mol. The molecule has 3 rings (SSSR count). The molecule has 0 saturated carbocycles. The molecule has 0 saturated heterocycles. The zero-order valence-electron chi connectivity index (χ0n) is 13.6. The molecule has 1 heterocycles. The van der Waals surface area contributed by atoms with Gasteiger partial charge in [0.25, 0.3) is 0 Å². The molecule has 0 aliphatic heterocycles. The van der Waals surface area contributed by atoms with Crippen LogP contribution in [0.1, 0.15) is 25.5 Å². The number of hydrogen-bond donors (Lipinski definition) is 1. The maximum atomic E-state index is 9.38. The lowest BCUT2D eigenvalue weighted by Gasteiger charge is -2.13. The van der Waals surface area contributed by atoms with Crippen molar-refractivity contribution in [2.75, 3.05) is 13.2 Å². The van der Waals surface area contributed by atoms with Gasteiger partial charge in [-0.1, -0.05) is 36.4 Å². The standard InChI is InChI=1S/C19H22N2O2/c1-3-23-14(2)15-8-10-16(11-9-15)19-20-17-6-4-5-7-18(17)21(19)12-13-22/h4-11,14,22H,3,12-13H2,1-2H3. The molecular formula is C19H22N2O2. The Morgan fingerprint density at radius 3 is 2.57 bits per heavy atom. The second kappa shape index (κ2) is 6.94. The van der Waals surface area contributed by atoms with Crippen LogP contribution in [0.5, 0.6) is 0 Å². The lowest BCUT2D eigenvalue weighted by Crippen LogP contribution is -2.04. The molecule has 0 spiro atoms. The Morgan fingerprint density at radius 1 is 1.13 bits per heavy atom. The predicted molar refractivity (Wildman–Crippen MR) is 92.3 cm³/mol. The Morgan fingerprint density at radius 2 is 1.87 bits per heavy atom. The summed E-state index contributed by atoms with van der Waals surface area (Å²) in [7, 11) is 0. The van der Waals surface area contributed by atoms with Crippen LogP contribution >= 0.6 is 0 Å². The number of imidazole rings is 1. The van der Waals surface area contributed by atoms with Crippen molar-refractivity contribution in [2.45, 2.75) is 26.5 Å². The third-order valence-corrected chi connectivity index (χ3v) is 4.03. The SMILES string of the molecule is CCOC(C)c1ccc(-c2nc3ccccc3n2CCO)cc1. The second-order valence-corrected chi connectivity index (χ2v) is 5.52. The minimum atomic E-state index is 0.0882. The second-order valence-electron chi connectivity index (χ2n) is 5.52. The van der Waals surface area contributed by atoms with Crippen molar-refractivity contribution in [1.29, 1.82) is 0 Å². The van der Waals surface area contributed by atoms with Gasteiger partial charge in [0.05, 0.1) is 23.7 Å². The summed E-state index contributed by atoms with van der Waals surface area (Å²) in [5.41, 5.74) is 4.19. The average Bonchev–Trinajstić information content (AvgIpc) is 2.94. The Kier molecular flexibility index (Phi) is 4.74. The molecule has 4 nitrogen and oxygen atoms in total. The van der Waals surface area contributed by atoms with Crippen LogP contribution in [-0.4, -0.2) is 27.9 Å². The van der Waals surface area contributed by atoms with Crippen molar-refractivity contribution < 1.29 is 9.84 Å². The van der Waals surface area contributed by atoms with Gasteiger partial charge in [-0.15, -0.1) is 0 Å². The van der Waals surface area contributed by atoms with Crippen molar-refractivity contribution in [2.24, 2.45) is 0 Å². The number of hydrogen-bond acceptors (Lipinski definition) is 3. The number of fused-ring (bicyclic) bond motifs is 1. The van der Waals surface area contributed by atoms with E-state index in [1.807, 2.05) is 31.2 Å². The summed E-state index contributed by atoms with van der Waals surface area (Å²) in [6, 6.07) is 16.3. The van der Waals surface area contributed by atoms with Gasteiger partial charge in [-0.05, 0) is 31.5 Å². The first-order chi connectivity index (χ1) is 11.2. The first-order valence-corrected chi connectivity index (χ1v) is 8.02. The van der Waals surface area contributed by atoms with Gasteiger partial charge >= 0.3 is 0 Å². The lowest BCUT2D eigenvalue weighted by molar-refractivity contribution is 0.0764. The quantitative estimate of drug-likeness (QED) is 0.753. The summed E-state index contributed by atoms with van der Waals surface area (Å²) >= 11 is 0. The summed E-state index contributed by atoms with van der Waals surface area (Å²) in [6.07, 6.45) is 0.0882. The van der Waals surface area contributed by atoms with E-state index in [0.29, 0.717) is 13.2 Å². The number of aliphatic hydroxyl groups is 1. The summed E-state index contributed by atoms with van der Waals surface area (Å²) < 4.78 is 7.70. The van der Waals surface area contributed by atoms with Crippen LogP contribution in [-0.2, 0) is 11.3 Å². The van der Waals surface area contributed by atoms with Crippen LogP contribution < -0.4 is 0 Å². The van der Waals surface area contributed by atoms with Gasteiger partial charge in [0, 0.05) is 18.7 Å². The number of aromatic nitrogens is 2. The van der Waals surface area contributed by atoms with Crippen LogP contribution in [0.15, 0.2) is 48.5 Å². The van der Waals surface area contributed by atoms with Gasteiger partial charge in [-0.3, -0.25) is 0 Å². The molecular weight excluding hydrogens is 288 g/mol. The fourth-order valence-electron chi connectivity index (χ4n) is 2.87. The average molecular weight is 310 g/mol. The molecule has 4 heteroatoms. The van der Waals surface area contributed by atoms with E-state index in [-0.39, 0.29) is 12.7 Å². The molecule has 0 aliphatic carbocycles. The molecule has 3 aromatic rings. The molecule has 1 aromatic heterocycles. The van der Waals surface area contributed by atoms with Gasteiger partial charge in [0.1, 0.15) is 5.82 Å². The van der Waals surface area contributed by atoms with Crippen molar-refractivity contribution >= 4 is 11.0 Å². The van der Waals surface area contributed by atoms with E-state index >= 15 is 0 Å². The lowest BCUT2D eigenvalue weighted by atomic mass is 10.1. The molecule has 0 amide bonds. The van der Waals surface area contributed by atoms with E-state index < -0.39 is 0 Å².